The van der Waals surface area contributed by atoms with E-state index >= 15 is 0 Å². The normalized spacial score (nSPS) is 18.1. The highest BCUT2D eigenvalue weighted by molar-refractivity contribution is 5.80. The zero-order chi connectivity index (χ0) is 22.4. The third kappa shape index (κ3) is 4.99. The fourth-order valence-electron chi connectivity index (χ4n) is 5.19. The third-order valence-electron chi connectivity index (χ3n) is 7.01. The van der Waals surface area contributed by atoms with Crippen LogP contribution >= 0.6 is 0 Å². The Hall–Kier alpha value is -2.24. The molecular formula is C26H36FN3O. The molecule has 5 heteroatoms. The number of carbonyl (C=O) groups excluding carboxylic acids is 1. The number of benzene rings is 2. The molecular weight excluding hydrogens is 389 g/mol. The van der Waals surface area contributed by atoms with Crippen LogP contribution in [0.2, 0.25) is 0 Å². The fourth-order valence-corrected chi connectivity index (χ4v) is 5.19. The molecule has 0 spiro atoms. The highest BCUT2D eigenvalue weighted by atomic mass is 19.1. The summed E-state index contributed by atoms with van der Waals surface area (Å²) in [6.45, 7) is 4.12. The lowest BCUT2D eigenvalue weighted by Gasteiger charge is -2.47. The van der Waals surface area contributed by atoms with Crippen molar-refractivity contribution in [1.82, 2.24) is 15.1 Å². The van der Waals surface area contributed by atoms with Crippen LogP contribution in [0.15, 0.2) is 54.6 Å². The predicted molar refractivity (Wildman–Crippen MR) is 124 cm³/mol. The molecule has 168 valence electrons. The maximum atomic E-state index is 13.9. The molecule has 1 aliphatic heterocycles. The summed E-state index contributed by atoms with van der Waals surface area (Å²) < 4.78 is 13.9. The molecule has 1 saturated heterocycles. The molecule has 2 aromatic rings. The Balaban J connectivity index is 1.79. The van der Waals surface area contributed by atoms with Crippen LogP contribution in [0.1, 0.15) is 43.2 Å². The average molecular weight is 426 g/mol. The van der Waals surface area contributed by atoms with Crippen molar-refractivity contribution >= 4 is 5.91 Å². The molecule has 0 aromatic heterocycles. The molecule has 1 N–H and O–H groups in total. The smallest absolute Gasteiger partial charge is 0.227 e. The Morgan fingerprint density at radius 1 is 1.13 bits per heavy atom. The van der Waals surface area contributed by atoms with Gasteiger partial charge in [-0.05, 0) is 69.6 Å². The van der Waals surface area contributed by atoms with Gasteiger partial charge in [0.1, 0.15) is 5.82 Å². The maximum absolute atomic E-state index is 13.9. The van der Waals surface area contributed by atoms with Crippen LogP contribution in [0.25, 0.3) is 0 Å². The molecule has 1 fully saturated rings. The molecule has 0 aliphatic carbocycles. The van der Waals surface area contributed by atoms with E-state index in [1.165, 1.54) is 11.6 Å². The molecule has 2 atom stereocenters. The zero-order valence-electron chi connectivity index (χ0n) is 19.3. The van der Waals surface area contributed by atoms with Gasteiger partial charge in [-0.3, -0.25) is 9.69 Å². The zero-order valence-corrected chi connectivity index (χ0v) is 19.3. The number of nitrogens with zero attached hydrogens (tertiary/aromatic N) is 2. The first-order chi connectivity index (χ1) is 14.9. The largest absolute Gasteiger partial charge is 0.342 e. The van der Waals surface area contributed by atoms with Crippen LogP contribution in [0.3, 0.4) is 0 Å². The molecule has 1 amide bonds. The van der Waals surface area contributed by atoms with Gasteiger partial charge in [0.15, 0.2) is 0 Å². The fraction of sp³-hybridized carbons (Fsp3) is 0.500. The van der Waals surface area contributed by atoms with E-state index in [1.54, 1.807) is 12.1 Å². The number of amides is 1. The number of halogens is 1. The summed E-state index contributed by atoms with van der Waals surface area (Å²) in [5.74, 6) is -0.292. The van der Waals surface area contributed by atoms with E-state index in [0.29, 0.717) is 6.54 Å². The minimum absolute atomic E-state index is 0.00898. The van der Waals surface area contributed by atoms with E-state index in [4.69, 9.17) is 0 Å². The van der Waals surface area contributed by atoms with Crippen molar-refractivity contribution in [3.8, 4) is 0 Å². The van der Waals surface area contributed by atoms with Crippen LogP contribution in [0, 0.1) is 11.7 Å². The Morgan fingerprint density at radius 2 is 1.81 bits per heavy atom. The summed E-state index contributed by atoms with van der Waals surface area (Å²) in [5, 5.41) is 3.20. The van der Waals surface area contributed by atoms with Crippen molar-refractivity contribution in [2.24, 2.45) is 5.92 Å². The highest BCUT2D eigenvalue weighted by Crippen LogP contribution is 2.38. The van der Waals surface area contributed by atoms with Gasteiger partial charge in [0, 0.05) is 25.2 Å². The lowest BCUT2D eigenvalue weighted by Crippen LogP contribution is -2.53. The second-order valence-electron chi connectivity index (χ2n) is 8.85. The van der Waals surface area contributed by atoms with Crippen LogP contribution in [-0.4, -0.2) is 56.5 Å². The van der Waals surface area contributed by atoms with Gasteiger partial charge >= 0.3 is 0 Å². The lowest BCUT2D eigenvalue weighted by molar-refractivity contribution is -0.139. The monoisotopic (exact) mass is 425 g/mol. The van der Waals surface area contributed by atoms with Crippen LogP contribution in [0.5, 0.6) is 0 Å². The molecule has 0 saturated carbocycles. The number of hydrogen-bond donors (Lipinski definition) is 1. The van der Waals surface area contributed by atoms with E-state index in [-0.39, 0.29) is 29.1 Å². The standard InChI is InChI=1S/C26H36FN3O/c1-5-23(20-10-9-13-22(27)18-20)24(19-28-2)25(31)30-16-14-26(15-17-30,29(3)4)21-11-7-6-8-12-21/h6-13,18,23-24,28H,5,14-17,19H2,1-4H3/t23-,24+/m0/s1. The molecule has 0 bridgehead atoms. The lowest BCUT2D eigenvalue weighted by atomic mass is 9.78. The molecule has 3 rings (SSSR count). The van der Waals surface area contributed by atoms with Gasteiger partial charge in [-0.25, -0.2) is 4.39 Å². The molecule has 2 aromatic carbocycles. The van der Waals surface area contributed by atoms with Crippen molar-refractivity contribution < 1.29 is 9.18 Å². The van der Waals surface area contributed by atoms with E-state index in [1.807, 2.05) is 24.1 Å². The topological polar surface area (TPSA) is 35.6 Å². The number of rotatable bonds is 8. The third-order valence-corrected chi connectivity index (χ3v) is 7.01. The summed E-state index contributed by atoms with van der Waals surface area (Å²) in [7, 11) is 6.14. The first-order valence-corrected chi connectivity index (χ1v) is 11.3. The van der Waals surface area contributed by atoms with Gasteiger partial charge in [0.05, 0.1) is 5.92 Å². The summed E-state index contributed by atoms with van der Waals surface area (Å²) in [6, 6.07) is 17.3. The van der Waals surface area contributed by atoms with E-state index in [9.17, 15) is 9.18 Å². The number of hydrogen-bond acceptors (Lipinski definition) is 3. The van der Waals surface area contributed by atoms with Gasteiger partial charge < -0.3 is 10.2 Å². The van der Waals surface area contributed by atoms with Crippen molar-refractivity contribution in [2.75, 3.05) is 40.8 Å². The van der Waals surface area contributed by atoms with Crippen LogP contribution in [0.4, 0.5) is 4.39 Å². The average Bonchev–Trinajstić information content (AvgIpc) is 2.79. The second-order valence-corrected chi connectivity index (χ2v) is 8.85. The summed E-state index contributed by atoms with van der Waals surface area (Å²) in [5.41, 5.74) is 2.16. The van der Waals surface area contributed by atoms with Gasteiger partial charge in [0.25, 0.3) is 0 Å². The van der Waals surface area contributed by atoms with E-state index in [2.05, 4.69) is 55.5 Å². The van der Waals surface area contributed by atoms with Gasteiger partial charge in [0.2, 0.25) is 5.91 Å². The summed E-state index contributed by atoms with van der Waals surface area (Å²) >= 11 is 0. The van der Waals surface area contributed by atoms with Crippen molar-refractivity contribution in [2.45, 2.75) is 37.6 Å². The van der Waals surface area contributed by atoms with Gasteiger partial charge in [-0.2, -0.15) is 0 Å². The van der Waals surface area contributed by atoms with Gasteiger partial charge in [-0.15, -0.1) is 0 Å². The first kappa shape index (κ1) is 23.4. The SMILES string of the molecule is CC[C@@H](c1cccc(F)c1)[C@@H](CNC)C(=O)N1CCC(c2ccccc2)(N(C)C)CC1. The Bertz CT molecular complexity index is 847. The number of piperidine rings is 1. The predicted octanol–water partition coefficient (Wildman–Crippen LogP) is 4.23. The molecule has 1 heterocycles. The second kappa shape index (κ2) is 10.4. The molecule has 31 heavy (non-hydrogen) atoms. The summed E-state index contributed by atoms with van der Waals surface area (Å²) in [4.78, 5) is 18.0. The minimum Gasteiger partial charge on any atom is -0.342 e. The van der Waals surface area contributed by atoms with Crippen LogP contribution < -0.4 is 5.32 Å². The maximum Gasteiger partial charge on any atom is 0.227 e. The van der Waals surface area contributed by atoms with Crippen molar-refractivity contribution in [3.63, 3.8) is 0 Å². The molecule has 0 radical (unpaired) electrons. The van der Waals surface area contributed by atoms with Crippen LogP contribution in [-0.2, 0) is 10.3 Å². The Morgan fingerprint density at radius 3 is 2.35 bits per heavy atom. The van der Waals surface area contributed by atoms with Gasteiger partial charge in [-0.1, -0.05) is 49.4 Å². The minimum atomic E-state index is -0.247. The number of likely N-dealkylation sites (tertiary alicyclic amines) is 1. The number of carbonyl (C=O) groups is 1. The van der Waals surface area contributed by atoms with Crippen molar-refractivity contribution in [1.29, 1.82) is 0 Å². The molecule has 4 nitrogen and oxygen atoms in total. The Labute approximate surface area is 186 Å². The van der Waals surface area contributed by atoms with E-state index in [0.717, 1.165) is 37.9 Å². The Kier molecular flexibility index (Phi) is 7.84. The summed E-state index contributed by atoms with van der Waals surface area (Å²) in [6.07, 6.45) is 2.60. The van der Waals surface area contributed by atoms with Crippen molar-refractivity contribution in [3.05, 3.63) is 71.5 Å². The quantitative estimate of drug-likeness (QED) is 0.687. The van der Waals surface area contributed by atoms with E-state index < -0.39 is 0 Å². The molecule has 0 unspecified atom stereocenters. The molecule has 1 aliphatic rings. The number of nitrogens with one attached hydrogen (secondary N) is 1. The highest BCUT2D eigenvalue weighted by Gasteiger charge is 2.41. The first-order valence-electron chi connectivity index (χ1n) is 11.3.